The van der Waals surface area contributed by atoms with Gasteiger partial charge in [-0.2, -0.15) is 0 Å². The Hall–Kier alpha value is -2.66. The molecule has 142 valence electrons. The van der Waals surface area contributed by atoms with Crippen molar-refractivity contribution in [3.63, 3.8) is 0 Å². The Balaban J connectivity index is 2.13. The molecule has 0 fully saturated rings. The molecular weight excluding hydrogens is 360 g/mol. The maximum absolute atomic E-state index is 5.51. The maximum Gasteiger partial charge on any atom is 0.203 e. The predicted octanol–water partition coefficient (Wildman–Crippen LogP) is 5.73. The second-order valence-corrected chi connectivity index (χ2v) is 7.17. The number of methoxy groups -OCH3 is 4. The topological polar surface area (TPSA) is 36.9 Å². The molecule has 0 aliphatic rings. The van der Waals surface area contributed by atoms with E-state index in [2.05, 4.69) is 26.0 Å². The zero-order valence-corrected chi connectivity index (χ0v) is 17.3. The van der Waals surface area contributed by atoms with Crippen molar-refractivity contribution in [3.8, 4) is 43.9 Å². The molecule has 2 aromatic carbocycles. The number of hydrogen-bond acceptors (Lipinski definition) is 5. The van der Waals surface area contributed by atoms with Crippen LogP contribution in [0.2, 0.25) is 0 Å². The molecule has 0 bridgehead atoms. The lowest BCUT2D eigenvalue weighted by atomic mass is 10.0. The molecular formula is C22H24O4S. The number of hydrogen-bond donors (Lipinski definition) is 0. The van der Waals surface area contributed by atoms with Gasteiger partial charge >= 0.3 is 0 Å². The minimum Gasteiger partial charge on any atom is -0.497 e. The van der Waals surface area contributed by atoms with Crippen molar-refractivity contribution in [1.82, 2.24) is 0 Å². The van der Waals surface area contributed by atoms with Gasteiger partial charge in [-0.3, -0.25) is 0 Å². The summed E-state index contributed by atoms with van der Waals surface area (Å²) in [6.45, 7) is 4.31. The normalized spacial score (nSPS) is 10.6. The smallest absolute Gasteiger partial charge is 0.203 e. The van der Waals surface area contributed by atoms with Crippen LogP contribution in [0.25, 0.3) is 20.9 Å². The Kier molecular flexibility index (Phi) is 5.61. The van der Waals surface area contributed by atoms with E-state index in [1.54, 1.807) is 39.8 Å². The van der Waals surface area contributed by atoms with Gasteiger partial charge in [0, 0.05) is 9.75 Å². The molecule has 0 unspecified atom stereocenters. The minimum absolute atomic E-state index is 0.602. The molecule has 3 rings (SSSR count). The second-order valence-electron chi connectivity index (χ2n) is 6.15. The molecule has 0 radical (unpaired) electrons. The van der Waals surface area contributed by atoms with E-state index < -0.39 is 0 Å². The van der Waals surface area contributed by atoms with Gasteiger partial charge in [-0.05, 0) is 72.5 Å². The monoisotopic (exact) mass is 384 g/mol. The first-order chi connectivity index (χ1) is 13.0. The van der Waals surface area contributed by atoms with Crippen LogP contribution >= 0.6 is 11.3 Å². The van der Waals surface area contributed by atoms with E-state index in [1.165, 1.54) is 26.4 Å². The van der Waals surface area contributed by atoms with Crippen molar-refractivity contribution < 1.29 is 18.9 Å². The summed E-state index contributed by atoms with van der Waals surface area (Å²) in [6.07, 6.45) is 0. The van der Waals surface area contributed by atoms with Crippen LogP contribution in [0, 0.1) is 13.8 Å². The predicted molar refractivity (Wildman–Crippen MR) is 111 cm³/mol. The SMILES string of the molecule is COc1ccc(-c2sc(-c3cc(OC)c(OC)c(OC)c3)c(C)c2C)cc1. The third-order valence-electron chi connectivity index (χ3n) is 4.73. The van der Waals surface area contributed by atoms with Crippen LogP contribution in [-0.2, 0) is 0 Å². The first-order valence-corrected chi connectivity index (χ1v) is 9.40. The van der Waals surface area contributed by atoms with Gasteiger partial charge in [0.05, 0.1) is 28.4 Å². The standard InChI is InChI=1S/C22H24O4S/c1-13-14(2)22(27-21(13)15-7-9-17(23-3)10-8-15)16-11-18(24-4)20(26-6)19(12-16)25-5/h7-12H,1-6H3. The fourth-order valence-corrected chi connectivity index (χ4v) is 4.41. The van der Waals surface area contributed by atoms with Gasteiger partial charge in [0.25, 0.3) is 0 Å². The van der Waals surface area contributed by atoms with E-state index in [0.717, 1.165) is 11.3 Å². The lowest BCUT2D eigenvalue weighted by Crippen LogP contribution is -1.95. The summed E-state index contributed by atoms with van der Waals surface area (Å²) in [4.78, 5) is 2.44. The molecule has 0 amide bonds. The van der Waals surface area contributed by atoms with Gasteiger partial charge in [-0.15, -0.1) is 11.3 Å². The average molecular weight is 384 g/mol. The lowest BCUT2D eigenvalue weighted by molar-refractivity contribution is 0.324. The van der Waals surface area contributed by atoms with E-state index in [-0.39, 0.29) is 0 Å². The van der Waals surface area contributed by atoms with Crippen LogP contribution < -0.4 is 18.9 Å². The summed E-state index contributed by atoms with van der Waals surface area (Å²) in [5.74, 6) is 2.77. The molecule has 0 N–H and O–H groups in total. The van der Waals surface area contributed by atoms with E-state index in [4.69, 9.17) is 18.9 Å². The molecule has 1 heterocycles. The Bertz CT molecular complexity index is 917. The highest BCUT2D eigenvalue weighted by atomic mass is 32.1. The van der Waals surface area contributed by atoms with E-state index >= 15 is 0 Å². The molecule has 0 aliphatic heterocycles. The van der Waals surface area contributed by atoms with Crippen molar-refractivity contribution in [3.05, 3.63) is 47.5 Å². The van der Waals surface area contributed by atoms with Crippen molar-refractivity contribution in [2.45, 2.75) is 13.8 Å². The van der Waals surface area contributed by atoms with Crippen LogP contribution in [0.15, 0.2) is 36.4 Å². The van der Waals surface area contributed by atoms with Crippen LogP contribution in [-0.4, -0.2) is 28.4 Å². The van der Waals surface area contributed by atoms with Gasteiger partial charge < -0.3 is 18.9 Å². The molecule has 0 atom stereocenters. The van der Waals surface area contributed by atoms with Gasteiger partial charge in [-0.1, -0.05) is 0 Å². The Labute approximate surface area is 164 Å². The Morgan fingerprint density at radius 2 is 1.15 bits per heavy atom. The molecule has 3 aromatic rings. The Morgan fingerprint density at radius 3 is 1.59 bits per heavy atom. The fourth-order valence-electron chi connectivity index (χ4n) is 3.10. The molecule has 5 heteroatoms. The highest BCUT2D eigenvalue weighted by molar-refractivity contribution is 7.19. The summed E-state index contributed by atoms with van der Waals surface area (Å²) in [5, 5.41) is 0. The maximum atomic E-state index is 5.51. The molecule has 0 aliphatic carbocycles. The van der Waals surface area contributed by atoms with Crippen molar-refractivity contribution in [1.29, 1.82) is 0 Å². The summed E-state index contributed by atoms with van der Waals surface area (Å²) >= 11 is 1.76. The average Bonchev–Trinajstić information content (AvgIpc) is 3.01. The van der Waals surface area contributed by atoms with Crippen LogP contribution in [0.1, 0.15) is 11.1 Å². The van der Waals surface area contributed by atoms with Crippen molar-refractivity contribution in [2.75, 3.05) is 28.4 Å². The fraction of sp³-hybridized carbons (Fsp3) is 0.273. The summed E-state index contributed by atoms with van der Waals surface area (Å²) in [6, 6.07) is 12.2. The van der Waals surface area contributed by atoms with Gasteiger partial charge in [0.1, 0.15) is 5.75 Å². The van der Waals surface area contributed by atoms with E-state index in [0.29, 0.717) is 17.2 Å². The van der Waals surface area contributed by atoms with E-state index in [1.807, 2.05) is 24.3 Å². The third kappa shape index (κ3) is 3.47. The number of rotatable bonds is 6. The highest BCUT2D eigenvalue weighted by Gasteiger charge is 2.19. The quantitative estimate of drug-likeness (QED) is 0.543. The Morgan fingerprint density at radius 1 is 0.630 bits per heavy atom. The molecule has 27 heavy (non-hydrogen) atoms. The molecule has 0 saturated carbocycles. The zero-order chi connectivity index (χ0) is 19.6. The summed E-state index contributed by atoms with van der Waals surface area (Å²) < 4.78 is 21.7. The second kappa shape index (κ2) is 7.92. The number of thiophene rings is 1. The minimum atomic E-state index is 0.602. The molecule has 0 spiro atoms. The van der Waals surface area contributed by atoms with Crippen LogP contribution in [0.5, 0.6) is 23.0 Å². The highest BCUT2D eigenvalue weighted by Crippen LogP contribution is 2.46. The van der Waals surface area contributed by atoms with Crippen molar-refractivity contribution >= 4 is 11.3 Å². The van der Waals surface area contributed by atoms with Gasteiger partial charge in [-0.25, -0.2) is 0 Å². The first kappa shape index (κ1) is 19.1. The summed E-state index contributed by atoms with van der Waals surface area (Å²) in [5.41, 5.74) is 4.75. The van der Waals surface area contributed by atoms with Crippen LogP contribution in [0.3, 0.4) is 0 Å². The third-order valence-corrected chi connectivity index (χ3v) is 6.22. The number of ether oxygens (including phenoxy) is 4. The lowest BCUT2D eigenvalue weighted by Gasteiger charge is -2.14. The number of benzene rings is 2. The largest absolute Gasteiger partial charge is 0.497 e. The molecule has 0 saturated heterocycles. The van der Waals surface area contributed by atoms with Gasteiger partial charge in [0.2, 0.25) is 5.75 Å². The molecule has 1 aromatic heterocycles. The van der Waals surface area contributed by atoms with Gasteiger partial charge in [0.15, 0.2) is 11.5 Å². The van der Waals surface area contributed by atoms with Crippen molar-refractivity contribution in [2.24, 2.45) is 0 Å². The van der Waals surface area contributed by atoms with Crippen LogP contribution in [0.4, 0.5) is 0 Å². The zero-order valence-electron chi connectivity index (χ0n) is 16.5. The molecule has 4 nitrogen and oxygen atoms in total. The summed E-state index contributed by atoms with van der Waals surface area (Å²) in [7, 11) is 6.56. The first-order valence-electron chi connectivity index (χ1n) is 8.58. The van der Waals surface area contributed by atoms with E-state index in [9.17, 15) is 0 Å².